The molecule has 4 rings (SSSR count). The minimum absolute atomic E-state index is 0.0632. The van der Waals surface area contributed by atoms with E-state index in [-0.39, 0.29) is 11.0 Å². The fourth-order valence-corrected chi connectivity index (χ4v) is 4.11. The van der Waals surface area contributed by atoms with Crippen LogP contribution in [0.4, 0.5) is 5.69 Å². The Balaban J connectivity index is 2.04. The van der Waals surface area contributed by atoms with Crippen molar-refractivity contribution in [2.75, 3.05) is 5.32 Å². The summed E-state index contributed by atoms with van der Waals surface area (Å²) in [6.07, 6.45) is 0. The zero-order valence-corrected chi connectivity index (χ0v) is 13.6. The van der Waals surface area contributed by atoms with Crippen molar-refractivity contribution >= 4 is 5.69 Å². The molecule has 0 spiro atoms. The fraction of sp³-hybridized carbons (Fsp3) is 0.182. The van der Waals surface area contributed by atoms with Crippen molar-refractivity contribution in [1.82, 2.24) is 0 Å². The van der Waals surface area contributed by atoms with Crippen LogP contribution in [0, 0.1) is 0 Å². The molecule has 0 aromatic heterocycles. The van der Waals surface area contributed by atoms with E-state index >= 15 is 0 Å². The predicted octanol–water partition coefficient (Wildman–Crippen LogP) is 5.33. The Morgan fingerprint density at radius 1 is 0.609 bits per heavy atom. The molecule has 0 saturated heterocycles. The van der Waals surface area contributed by atoms with E-state index in [0.717, 1.165) is 0 Å². The zero-order valence-electron chi connectivity index (χ0n) is 13.6. The van der Waals surface area contributed by atoms with Crippen molar-refractivity contribution < 1.29 is 0 Å². The lowest BCUT2D eigenvalue weighted by atomic mass is 9.64. The summed E-state index contributed by atoms with van der Waals surface area (Å²) in [6.45, 7) is 4.68. The lowest BCUT2D eigenvalue weighted by Gasteiger charge is -2.43. The molecule has 0 saturated carbocycles. The van der Waals surface area contributed by atoms with Gasteiger partial charge < -0.3 is 5.32 Å². The maximum atomic E-state index is 3.87. The third-order valence-corrected chi connectivity index (χ3v) is 5.27. The Kier molecular flexibility index (Phi) is 3.05. The molecule has 0 fully saturated rings. The van der Waals surface area contributed by atoms with Crippen molar-refractivity contribution in [2.45, 2.75) is 24.8 Å². The topological polar surface area (TPSA) is 12.0 Å². The van der Waals surface area contributed by atoms with E-state index in [0.29, 0.717) is 0 Å². The van der Waals surface area contributed by atoms with Gasteiger partial charge in [0, 0.05) is 11.1 Å². The molecular formula is C22H21N. The van der Waals surface area contributed by atoms with Crippen LogP contribution in [0.1, 0.15) is 30.5 Å². The van der Waals surface area contributed by atoms with Gasteiger partial charge >= 0.3 is 0 Å². The quantitative estimate of drug-likeness (QED) is 0.674. The number of rotatable bonds is 2. The Morgan fingerprint density at radius 3 is 1.61 bits per heavy atom. The van der Waals surface area contributed by atoms with Crippen LogP contribution < -0.4 is 5.32 Å². The van der Waals surface area contributed by atoms with Crippen LogP contribution in [0.25, 0.3) is 0 Å². The fourth-order valence-electron chi connectivity index (χ4n) is 4.11. The third kappa shape index (κ3) is 1.86. The molecule has 3 aromatic carbocycles. The molecule has 1 heterocycles. The molecular weight excluding hydrogens is 278 g/mol. The first kappa shape index (κ1) is 14.1. The number of para-hydroxylation sites is 1. The van der Waals surface area contributed by atoms with Crippen LogP contribution in [0.5, 0.6) is 0 Å². The summed E-state index contributed by atoms with van der Waals surface area (Å²) in [4.78, 5) is 0. The highest BCUT2D eigenvalue weighted by molar-refractivity contribution is 5.69. The van der Waals surface area contributed by atoms with Gasteiger partial charge in [-0.05, 0) is 22.8 Å². The first-order chi connectivity index (χ1) is 11.2. The highest BCUT2D eigenvalue weighted by atomic mass is 15.1. The van der Waals surface area contributed by atoms with E-state index in [1.165, 1.54) is 22.4 Å². The standard InChI is InChI=1S/C22H21N/c1-21(2)19-15-9-10-16-20(19)23-22(21,17-11-5-3-6-12-17)18-13-7-4-8-14-18/h3-16,23H,1-2H3. The van der Waals surface area contributed by atoms with E-state index in [1.807, 2.05) is 0 Å². The average Bonchev–Trinajstić information content (AvgIpc) is 2.85. The van der Waals surface area contributed by atoms with Gasteiger partial charge in [0.1, 0.15) is 0 Å². The maximum absolute atomic E-state index is 3.87. The summed E-state index contributed by atoms with van der Waals surface area (Å²) in [5, 5.41) is 3.87. The monoisotopic (exact) mass is 299 g/mol. The Labute approximate surface area is 138 Å². The molecule has 23 heavy (non-hydrogen) atoms. The zero-order chi connectivity index (χ0) is 15.9. The molecule has 114 valence electrons. The van der Waals surface area contributed by atoms with Crippen molar-refractivity contribution in [3.8, 4) is 0 Å². The first-order valence-corrected chi connectivity index (χ1v) is 8.15. The highest BCUT2D eigenvalue weighted by Crippen LogP contribution is 2.55. The van der Waals surface area contributed by atoms with E-state index in [9.17, 15) is 0 Å². The van der Waals surface area contributed by atoms with Crippen molar-refractivity contribution in [3.63, 3.8) is 0 Å². The van der Waals surface area contributed by atoms with Crippen LogP contribution in [0.15, 0.2) is 84.9 Å². The van der Waals surface area contributed by atoms with Crippen LogP contribution in [0.3, 0.4) is 0 Å². The minimum atomic E-state index is -0.265. The predicted molar refractivity (Wildman–Crippen MR) is 96.8 cm³/mol. The second-order valence-electron chi connectivity index (χ2n) is 6.78. The van der Waals surface area contributed by atoms with Crippen molar-refractivity contribution in [2.24, 2.45) is 0 Å². The van der Waals surface area contributed by atoms with Crippen LogP contribution in [-0.2, 0) is 11.0 Å². The molecule has 0 radical (unpaired) electrons. The van der Waals surface area contributed by atoms with Gasteiger partial charge in [-0.1, -0.05) is 92.7 Å². The third-order valence-electron chi connectivity index (χ3n) is 5.27. The largest absolute Gasteiger partial charge is 0.371 e. The van der Waals surface area contributed by atoms with Gasteiger partial charge in [-0.25, -0.2) is 0 Å². The minimum Gasteiger partial charge on any atom is -0.371 e. The molecule has 0 atom stereocenters. The Bertz CT molecular complexity index is 779. The van der Waals surface area contributed by atoms with E-state index < -0.39 is 0 Å². The second kappa shape index (κ2) is 4.99. The first-order valence-electron chi connectivity index (χ1n) is 8.15. The summed E-state index contributed by atoms with van der Waals surface area (Å²) in [6, 6.07) is 30.3. The number of fused-ring (bicyclic) bond motifs is 1. The van der Waals surface area contributed by atoms with Gasteiger partial charge in [0.15, 0.2) is 0 Å². The van der Waals surface area contributed by atoms with Crippen LogP contribution >= 0.6 is 0 Å². The second-order valence-corrected chi connectivity index (χ2v) is 6.78. The van der Waals surface area contributed by atoms with Gasteiger partial charge in [-0.3, -0.25) is 0 Å². The molecule has 1 nitrogen and oxygen atoms in total. The Hall–Kier alpha value is -2.54. The van der Waals surface area contributed by atoms with Gasteiger partial charge in [0.05, 0.1) is 5.54 Å². The molecule has 1 aliphatic heterocycles. The van der Waals surface area contributed by atoms with Gasteiger partial charge in [-0.15, -0.1) is 0 Å². The van der Waals surface area contributed by atoms with Gasteiger partial charge in [0.2, 0.25) is 0 Å². The Morgan fingerprint density at radius 2 is 1.09 bits per heavy atom. The number of hydrogen-bond donors (Lipinski definition) is 1. The molecule has 0 unspecified atom stereocenters. The number of hydrogen-bond acceptors (Lipinski definition) is 1. The number of anilines is 1. The molecule has 1 N–H and O–H groups in total. The maximum Gasteiger partial charge on any atom is 0.0972 e. The molecule has 0 bridgehead atoms. The molecule has 0 amide bonds. The lowest BCUT2D eigenvalue weighted by molar-refractivity contribution is 0.367. The highest BCUT2D eigenvalue weighted by Gasteiger charge is 2.53. The lowest BCUT2D eigenvalue weighted by Crippen LogP contribution is -2.47. The smallest absolute Gasteiger partial charge is 0.0972 e. The summed E-state index contributed by atoms with van der Waals surface area (Å²) in [5.74, 6) is 0. The van der Waals surface area contributed by atoms with Crippen LogP contribution in [0.2, 0.25) is 0 Å². The van der Waals surface area contributed by atoms with E-state index in [2.05, 4.69) is 104 Å². The van der Waals surface area contributed by atoms with Gasteiger partial charge in [0.25, 0.3) is 0 Å². The number of benzene rings is 3. The van der Waals surface area contributed by atoms with Crippen LogP contribution in [-0.4, -0.2) is 0 Å². The molecule has 0 aliphatic carbocycles. The van der Waals surface area contributed by atoms with E-state index in [4.69, 9.17) is 0 Å². The van der Waals surface area contributed by atoms with Gasteiger partial charge in [-0.2, -0.15) is 0 Å². The molecule has 1 aliphatic rings. The van der Waals surface area contributed by atoms with Crippen molar-refractivity contribution in [3.05, 3.63) is 102 Å². The normalized spacial score (nSPS) is 17.3. The average molecular weight is 299 g/mol. The molecule has 1 heteroatoms. The summed E-state index contributed by atoms with van der Waals surface area (Å²) < 4.78 is 0. The SMILES string of the molecule is CC1(C)c2ccccc2NC1(c1ccccc1)c1ccccc1. The summed E-state index contributed by atoms with van der Waals surface area (Å²) in [7, 11) is 0. The number of nitrogens with one attached hydrogen (secondary N) is 1. The summed E-state index contributed by atoms with van der Waals surface area (Å²) >= 11 is 0. The van der Waals surface area contributed by atoms with Crippen molar-refractivity contribution in [1.29, 1.82) is 0 Å². The summed E-state index contributed by atoms with van der Waals surface area (Å²) in [5.41, 5.74) is 4.86. The molecule has 3 aromatic rings. The van der Waals surface area contributed by atoms with E-state index in [1.54, 1.807) is 0 Å².